The second-order valence-corrected chi connectivity index (χ2v) is 4.29. The number of carbonyl (C=O) groups excluding carboxylic acids is 1. The van der Waals surface area contributed by atoms with Gasteiger partial charge in [0, 0.05) is 12.2 Å². The molecule has 3 N–H and O–H groups in total. The van der Waals surface area contributed by atoms with Gasteiger partial charge in [0.1, 0.15) is 0 Å². The Morgan fingerprint density at radius 2 is 2.41 bits per heavy atom. The number of hydrogen-bond acceptors (Lipinski definition) is 4. The van der Waals surface area contributed by atoms with E-state index in [9.17, 15) is 4.79 Å². The molecule has 0 radical (unpaired) electrons. The van der Waals surface area contributed by atoms with E-state index in [1.165, 1.54) is 0 Å². The predicted molar refractivity (Wildman–Crippen MR) is 63.1 cm³/mol. The largest absolute Gasteiger partial charge is 0.379 e. The van der Waals surface area contributed by atoms with Crippen LogP contribution in [0.3, 0.4) is 0 Å². The summed E-state index contributed by atoms with van der Waals surface area (Å²) in [6, 6.07) is 5.31. The van der Waals surface area contributed by atoms with E-state index < -0.39 is 0 Å². The Kier molecular flexibility index (Phi) is 3.71. The molecule has 2 heterocycles. The topological polar surface area (TPSA) is 77.2 Å². The number of amides is 1. The van der Waals surface area contributed by atoms with Crippen molar-refractivity contribution in [3.8, 4) is 0 Å². The lowest BCUT2D eigenvalue weighted by molar-refractivity contribution is -0.125. The molecule has 1 aliphatic rings. The Hall–Kier alpha value is -1.46. The van der Waals surface area contributed by atoms with Crippen molar-refractivity contribution in [3.05, 3.63) is 30.1 Å². The minimum atomic E-state index is -0.249. The van der Waals surface area contributed by atoms with E-state index in [-0.39, 0.29) is 23.9 Å². The van der Waals surface area contributed by atoms with E-state index in [0.29, 0.717) is 13.2 Å². The average molecular weight is 235 g/mol. The van der Waals surface area contributed by atoms with Crippen LogP contribution in [0.4, 0.5) is 0 Å². The minimum Gasteiger partial charge on any atom is -0.379 e. The van der Waals surface area contributed by atoms with E-state index in [0.717, 1.165) is 5.69 Å². The van der Waals surface area contributed by atoms with Gasteiger partial charge in [-0.25, -0.2) is 0 Å². The Labute approximate surface area is 100 Å². The first kappa shape index (κ1) is 12.0. The summed E-state index contributed by atoms with van der Waals surface area (Å²) < 4.78 is 5.18. The fourth-order valence-corrected chi connectivity index (χ4v) is 1.87. The van der Waals surface area contributed by atoms with Crippen LogP contribution >= 0.6 is 0 Å². The van der Waals surface area contributed by atoms with Crippen LogP contribution in [0.5, 0.6) is 0 Å². The second kappa shape index (κ2) is 5.25. The van der Waals surface area contributed by atoms with Gasteiger partial charge >= 0.3 is 0 Å². The van der Waals surface area contributed by atoms with Crippen LogP contribution in [0.25, 0.3) is 0 Å². The fourth-order valence-electron chi connectivity index (χ4n) is 1.87. The lowest BCUT2D eigenvalue weighted by Crippen LogP contribution is -2.41. The molecule has 92 valence electrons. The molecule has 2 unspecified atom stereocenters. The molecule has 2 rings (SSSR count). The number of hydrogen-bond donors (Lipinski definition) is 2. The molecule has 1 aromatic rings. The Morgan fingerprint density at radius 3 is 3.00 bits per heavy atom. The number of nitrogens with two attached hydrogens (primary N) is 1. The van der Waals surface area contributed by atoms with Crippen molar-refractivity contribution in [3.63, 3.8) is 0 Å². The van der Waals surface area contributed by atoms with Gasteiger partial charge in [0.15, 0.2) is 0 Å². The summed E-state index contributed by atoms with van der Waals surface area (Å²) in [6.07, 6.45) is 1.71. The van der Waals surface area contributed by atoms with Gasteiger partial charge < -0.3 is 15.8 Å². The molecule has 17 heavy (non-hydrogen) atoms. The SMILES string of the molecule is C[C@@H](NC(=O)C1COCC1N)c1ccccn1. The van der Waals surface area contributed by atoms with Crippen LogP contribution in [-0.4, -0.2) is 30.1 Å². The third-order valence-electron chi connectivity index (χ3n) is 2.95. The van der Waals surface area contributed by atoms with Gasteiger partial charge in [-0.1, -0.05) is 6.07 Å². The molecule has 0 spiro atoms. The van der Waals surface area contributed by atoms with Gasteiger partial charge in [0.2, 0.25) is 5.91 Å². The number of nitrogens with one attached hydrogen (secondary N) is 1. The molecule has 5 nitrogen and oxygen atoms in total. The molecule has 1 saturated heterocycles. The highest BCUT2D eigenvalue weighted by Crippen LogP contribution is 2.14. The first-order valence-corrected chi connectivity index (χ1v) is 5.73. The molecular weight excluding hydrogens is 218 g/mol. The summed E-state index contributed by atoms with van der Waals surface area (Å²) in [5.74, 6) is -0.311. The predicted octanol–water partition coefficient (Wildman–Crippen LogP) is 0.232. The molecule has 0 saturated carbocycles. The number of pyridine rings is 1. The molecule has 5 heteroatoms. The molecule has 1 aromatic heterocycles. The van der Waals surface area contributed by atoms with Crippen molar-refractivity contribution in [1.29, 1.82) is 0 Å². The van der Waals surface area contributed by atoms with Gasteiger partial charge in [-0.3, -0.25) is 9.78 Å². The van der Waals surface area contributed by atoms with Crippen molar-refractivity contribution in [2.45, 2.75) is 19.0 Å². The summed E-state index contributed by atoms with van der Waals surface area (Å²) in [5.41, 5.74) is 6.63. The van der Waals surface area contributed by atoms with Crippen molar-refractivity contribution in [2.24, 2.45) is 11.7 Å². The molecular formula is C12H17N3O2. The van der Waals surface area contributed by atoms with Crippen molar-refractivity contribution < 1.29 is 9.53 Å². The summed E-state index contributed by atoms with van der Waals surface area (Å²) >= 11 is 0. The maximum atomic E-state index is 11.9. The van der Waals surface area contributed by atoms with Crippen molar-refractivity contribution in [2.75, 3.05) is 13.2 Å². The Bertz CT molecular complexity index is 383. The zero-order chi connectivity index (χ0) is 12.3. The van der Waals surface area contributed by atoms with Crippen LogP contribution < -0.4 is 11.1 Å². The highest BCUT2D eigenvalue weighted by molar-refractivity contribution is 5.80. The third-order valence-corrected chi connectivity index (χ3v) is 2.95. The van der Waals surface area contributed by atoms with Gasteiger partial charge in [0.05, 0.1) is 30.9 Å². The quantitative estimate of drug-likeness (QED) is 0.786. The standard InChI is InChI=1S/C12H17N3O2/c1-8(11-4-2-3-5-14-11)15-12(16)9-6-17-7-10(9)13/h2-5,8-10H,6-7,13H2,1H3,(H,15,16)/t8-,9?,10?/m1/s1. The summed E-state index contributed by atoms with van der Waals surface area (Å²) in [7, 11) is 0. The molecule has 0 aromatic carbocycles. The van der Waals surface area contributed by atoms with E-state index in [1.54, 1.807) is 6.20 Å². The van der Waals surface area contributed by atoms with Gasteiger partial charge in [0.25, 0.3) is 0 Å². The van der Waals surface area contributed by atoms with Crippen LogP contribution in [0, 0.1) is 5.92 Å². The number of aromatic nitrogens is 1. The van der Waals surface area contributed by atoms with Crippen molar-refractivity contribution >= 4 is 5.91 Å². The smallest absolute Gasteiger partial charge is 0.227 e. The zero-order valence-electron chi connectivity index (χ0n) is 9.80. The summed E-state index contributed by atoms with van der Waals surface area (Å²) in [5, 5.41) is 2.91. The van der Waals surface area contributed by atoms with Crippen molar-refractivity contribution in [1.82, 2.24) is 10.3 Å². The monoisotopic (exact) mass is 235 g/mol. The fraction of sp³-hybridized carbons (Fsp3) is 0.500. The average Bonchev–Trinajstić information content (AvgIpc) is 2.76. The summed E-state index contributed by atoms with van der Waals surface area (Å²) in [6.45, 7) is 2.76. The molecule has 1 fully saturated rings. The Morgan fingerprint density at radius 1 is 1.59 bits per heavy atom. The van der Waals surface area contributed by atoms with Crippen LogP contribution in [-0.2, 0) is 9.53 Å². The number of carbonyl (C=O) groups is 1. The molecule has 0 bridgehead atoms. The molecule has 3 atom stereocenters. The van der Waals surface area contributed by atoms with Gasteiger partial charge in [-0.05, 0) is 19.1 Å². The lowest BCUT2D eigenvalue weighted by atomic mass is 10.0. The van der Waals surface area contributed by atoms with E-state index in [4.69, 9.17) is 10.5 Å². The lowest BCUT2D eigenvalue weighted by Gasteiger charge is -2.18. The second-order valence-electron chi connectivity index (χ2n) is 4.29. The third kappa shape index (κ3) is 2.81. The van der Waals surface area contributed by atoms with E-state index in [2.05, 4.69) is 10.3 Å². The number of nitrogens with zero attached hydrogens (tertiary/aromatic N) is 1. The maximum absolute atomic E-state index is 11.9. The number of rotatable bonds is 3. The Balaban J connectivity index is 1.95. The zero-order valence-corrected chi connectivity index (χ0v) is 9.80. The first-order valence-electron chi connectivity index (χ1n) is 5.73. The maximum Gasteiger partial charge on any atom is 0.227 e. The molecule has 1 amide bonds. The van der Waals surface area contributed by atoms with E-state index in [1.807, 2.05) is 25.1 Å². The minimum absolute atomic E-state index is 0.0619. The van der Waals surface area contributed by atoms with Crippen LogP contribution in [0.15, 0.2) is 24.4 Å². The van der Waals surface area contributed by atoms with E-state index >= 15 is 0 Å². The van der Waals surface area contributed by atoms with Crippen LogP contribution in [0.1, 0.15) is 18.7 Å². The normalized spacial score (nSPS) is 25.5. The van der Waals surface area contributed by atoms with Gasteiger partial charge in [-0.2, -0.15) is 0 Å². The highest BCUT2D eigenvalue weighted by Gasteiger charge is 2.32. The highest BCUT2D eigenvalue weighted by atomic mass is 16.5. The van der Waals surface area contributed by atoms with Crippen LogP contribution in [0.2, 0.25) is 0 Å². The summed E-state index contributed by atoms with van der Waals surface area (Å²) in [4.78, 5) is 16.1. The van der Waals surface area contributed by atoms with Gasteiger partial charge in [-0.15, -0.1) is 0 Å². The number of ether oxygens (including phenoxy) is 1. The first-order chi connectivity index (χ1) is 8.18. The molecule has 1 aliphatic heterocycles. The molecule has 0 aliphatic carbocycles.